The van der Waals surface area contributed by atoms with Gasteiger partial charge in [0.2, 0.25) is 5.65 Å². The molecule has 8 nitrogen and oxygen atoms in total. The second-order valence-electron chi connectivity index (χ2n) is 7.06. The van der Waals surface area contributed by atoms with Crippen LogP contribution in [0.25, 0.3) is 16.7 Å². The molecule has 0 spiro atoms. The number of fused-ring (bicyclic) bond motifs is 3. The molecule has 0 bridgehead atoms. The Balaban J connectivity index is 1.29. The third kappa shape index (κ3) is 3.91. The number of anilines is 2. The van der Waals surface area contributed by atoms with Crippen LogP contribution in [0.2, 0.25) is 0 Å². The number of para-hydroxylation sites is 2. The zero-order chi connectivity index (χ0) is 21.0. The number of benzene rings is 3. The first kappa shape index (κ1) is 18.7. The molecule has 5 rings (SSSR count). The van der Waals surface area contributed by atoms with Crippen LogP contribution < -0.4 is 10.6 Å². The van der Waals surface area contributed by atoms with Crippen molar-refractivity contribution in [1.82, 2.24) is 30.3 Å². The zero-order valence-corrected chi connectivity index (χ0v) is 16.6. The SMILES string of the molecule is O=C(NCCc1ccccc1)c1ccc(Nc2nc3ccccc3n3nnnc23)cc1. The van der Waals surface area contributed by atoms with Crippen LogP contribution in [0, 0.1) is 0 Å². The Hall–Kier alpha value is -4.33. The third-order valence-corrected chi connectivity index (χ3v) is 4.98. The van der Waals surface area contributed by atoms with Crippen molar-refractivity contribution in [2.24, 2.45) is 0 Å². The lowest BCUT2D eigenvalue weighted by Gasteiger charge is -2.09. The first-order valence-electron chi connectivity index (χ1n) is 9.94. The fourth-order valence-corrected chi connectivity index (χ4v) is 3.40. The predicted molar refractivity (Wildman–Crippen MR) is 118 cm³/mol. The standard InChI is InChI=1S/C23H19N7O/c31-23(24-15-14-16-6-2-1-3-7-16)17-10-12-18(13-11-17)25-21-22-27-28-29-30(22)20-9-5-4-8-19(20)26-21/h1-13H,14-15H2,(H,24,31)(H,25,26). The molecule has 0 atom stereocenters. The van der Waals surface area contributed by atoms with E-state index in [4.69, 9.17) is 0 Å². The van der Waals surface area contributed by atoms with Crippen LogP contribution in [0.4, 0.5) is 11.5 Å². The van der Waals surface area contributed by atoms with Gasteiger partial charge in [-0.25, -0.2) is 4.98 Å². The van der Waals surface area contributed by atoms with Crippen molar-refractivity contribution in [3.63, 3.8) is 0 Å². The molecule has 0 radical (unpaired) electrons. The molecule has 3 aromatic carbocycles. The number of rotatable bonds is 6. The minimum Gasteiger partial charge on any atom is -0.352 e. The second-order valence-corrected chi connectivity index (χ2v) is 7.06. The quantitative estimate of drug-likeness (QED) is 0.446. The van der Waals surface area contributed by atoms with Crippen LogP contribution in [-0.2, 0) is 6.42 Å². The number of nitrogens with zero attached hydrogens (tertiary/aromatic N) is 5. The molecular formula is C23H19N7O. The minimum absolute atomic E-state index is 0.102. The van der Waals surface area contributed by atoms with E-state index in [1.165, 1.54) is 5.56 Å². The Labute approximate surface area is 177 Å². The van der Waals surface area contributed by atoms with Crippen LogP contribution >= 0.6 is 0 Å². The molecule has 0 aliphatic carbocycles. The second kappa shape index (κ2) is 8.19. The van der Waals surface area contributed by atoms with E-state index in [1.54, 1.807) is 16.6 Å². The van der Waals surface area contributed by atoms with Gasteiger partial charge in [-0.05, 0) is 58.8 Å². The Morgan fingerprint density at radius 3 is 2.52 bits per heavy atom. The molecule has 0 aliphatic heterocycles. The molecule has 0 unspecified atom stereocenters. The van der Waals surface area contributed by atoms with Crippen LogP contribution in [0.1, 0.15) is 15.9 Å². The molecule has 31 heavy (non-hydrogen) atoms. The maximum Gasteiger partial charge on any atom is 0.251 e. The lowest BCUT2D eigenvalue weighted by atomic mass is 10.1. The normalized spacial score (nSPS) is 11.0. The van der Waals surface area contributed by atoms with Gasteiger partial charge in [0, 0.05) is 17.8 Å². The molecular weight excluding hydrogens is 390 g/mol. The lowest BCUT2D eigenvalue weighted by Crippen LogP contribution is -2.25. The molecule has 2 aromatic heterocycles. The highest BCUT2D eigenvalue weighted by Crippen LogP contribution is 2.22. The van der Waals surface area contributed by atoms with Crippen molar-refractivity contribution in [3.05, 3.63) is 90.0 Å². The van der Waals surface area contributed by atoms with E-state index >= 15 is 0 Å². The molecule has 8 heteroatoms. The van der Waals surface area contributed by atoms with Gasteiger partial charge < -0.3 is 10.6 Å². The van der Waals surface area contributed by atoms with Gasteiger partial charge in [0.05, 0.1) is 11.0 Å². The zero-order valence-electron chi connectivity index (χ0n) is 16.6. The predicted octanol–water partition coefficient (Wildman–Crippen LogP) is 3.39. The molecule has 0 saturated heterocycles. The van der Waals surface area contributed by atoms with Gasteiger partial charge >= 0.3 is 0 Å². The van der Waals surface area contributed by atoms with Gasteiger partial charge in [0.15, 0.2) is 5.82 Å². The van der Waals surface area contributed by atoms with Gasteiger partial charge in [0.1, 0.15) is 0 Å². The summed E-state index contributed by atoms with van der Waals surface area (Å²) < 4.78 is 1.65. The van der Waals surface area contributed by atoms with Crippen LogP contribution in [0.3, 0.4) is 0 Å². The molecule has 5 aromatic rings. The Bertz CT molecular complexity index is 1350. The van der Waals surface area contributed by atoms with Gasteiger partial charge in [-0.15, -0.1) is 5.10 Å². The number of amides is 1. The van der Waals surface area contributed by atoms with Crippen molar-refractivity contribution in [2.45, 2.75) is 6.42 Å². The van der Waals surface area contributed by atoms with Crippen molar-refractivity contribution in [3.8, 4) is 0 Å². The molecule has 0 saturated carbocycles. The van der Waals surface area contributed by atoms with E-state index in [0.29, 0.717) is 23.6 Å². The van der Waals surface area contributed by atoms with E-state index in [-0.39, 0.29) is 5.91 Å². The van der Waals surface area contributed by atoms with Crippen molar-refractivity contribution in [2.75, 3.05) is 11.9 Å². The average molecular weight is 409 g/mol. The smallest absolute Gasteiger partial charge is 0.251 e. The molecule has 152 valence electrons. The number of hydrogen-bond donors (Lipinski definition) is 2. The number of carbonyl (C=O) groups is 1. The fraction of sp³-hybridized carbons (Fsp3) is 0.0870. The molecule has 0 aliphatic rings. The van der Waals surface area contributed by atoms with E-state index in [1.807, 2.05) is 54.6 Å². The molecule has 1 amide bonds. The Morgan fingerprint density at radius 2 is 1.68 bits per heavy atom. The van der Waals surface area contributed by atoms with E-state index in [2.05, 4.69) is 43.3 Å². The number of tetrazole rings is 1. The van der Waals surface area contributed by atoms with E-state index in [0.717, 1.165) is 23.1 Å². The summed E-state index contributed by atoms with van der Waals surface area (Å²) in [5.74, 6) is 0.444. The highest BCUT2D eigenvalue weighted by atomic mass is 16.1. The summed E-state index contributed by atoms with van der Waals surface area (Å²) in [4.78, 5) is 17.1. The summed E-state index contributed by atoms with van der Waals surface area (Å²) in [6.45, 7) is 0.585. The Kier molecular flexibility index (Phi) is 4.94. The lowest BCUT2D eigenvalue weighted by molar-refractivity contribution is 0.0954. The molecule has 0 fully saturated rings. The third-order valence-electron chi connectivity index (χ3n) is 4.98. The van der Waals surface area contributed by atoms with E-state index in [9.17, 15) is 4.79 Å². The maximum atomic E-state index is 12.4. The highest BCUT2D eigenvalue weighted by molar-refractivity contribution is 5.94. The first-order chi connectivity index (χ1) is 15.3. The first-order valence-corrected chi connectivity index (χ1v) is 9.94. The van der Waals surface area contributed by atoms with Crippen LogP contribution in [0.5, 0.6) is 0 Å². The van der Waals surface area contributed by atoms with Crippen molar-refractivity contribution >= 4 is 34.1 Å². The maximum absolute atomic E-state index is 12.4. The molecule has 2 heterocycles. The van der Waals surface area contributed by atoms with Gasteiger partial charge in [0.25, 0.3) is 5.91 Å². The average Bonchev–Trinajstić information content (AvgIpc) is 3.31. The number of aromatic nitrogens is 5. The van der Waals surface area contributed by atoms with Gasteiger partial charge in [-0.2, -0.15) is 4.52 Å². The summed E-state index contributed by atoms with van der Waals surface area (Å²) in [6.07, 6.45) is 0.794. The summed E-state index contributed by atoms with van der Waals surface area (Å²) in [5.41, 5.74) is 4.71. The summed E-state index contributed by atoms with van der Waals surface area (Å²) in [6, 6.07) is 25.0. The topological polar surface area (TPSA) is 97.1 Å². The number of nitrogens with one attached hydrogen (secondary N) is 2. The van der Waals surface area contributed by atoms with E-state index < -0.39 is 0 Å². The summed E-state index contributed by atoms with van der Waals surface area (Å²) in [7, 11) is 0. The monoisotopic (exact) mass is 409 g/mol. The van der Waals surface area contributed by atoms with Gasteiger partial charge in [-0.3, -0.25) is 4.79 Å². The van der Waals surface area contributed by atoms with Crippen LogP contribution in [0.15, 0.2) is 78.9 Å². The fourth-order valence-electron chi connectivity index (χ4n) is 3.40. The minimum atomic E-state index is -0.102. The van der Waals surface area contributed by atoms with Crippen molar-refractivity contribution in [1.29, 1.82) is 0 Å². The van der Waals surface area contributed by atoms with Crippen molar-refractivity contribution < 1.29 is 4.79 Å². The molecule has 2 N–H and O–H groups in total. The van der Waals surface area contributed by atoms with Gasteiger partial charge in [-0.1, -0.05) is 42.5 Å². The number of hydrogen-bond acceptors (Lipinski definition) is 6. The Morgan fingerprint density at radius 1 is 0.903 bits per heavy atom. The highest BCUT2D eigenvalue weighted by Gasteiger charge is 2.12. The number of carbonyl (C=O) groups excluding carboxylic acids is 1. The van der Waals surface area contributed by atoms with Crippen LogP contribution in [-0.4, -0.2) is 37.5 Å². The summed E-state index contributed by atoms with van der Waals surface area (Å²) >= 11 is 0. The largest absolute Gasteiger partial charge is 0.352 e. The summed E-state index contributed by atoms with van der Waals surface area (Å²) in [5, 5.41) is 18.1.